The third-order valence-corrected chi connectivity index (χ3v) is 7.26. The Labute approximate surface area is 219 Å². The number of methoxy groups -OCH3 is 1. The average molecular weight is 538 g/mol. The topological polar surface area (TPSA) is 96.0 Å². The Morgan fingerprint density at radius 2 is 1.78 bits per heavy atom. The minimum atomic E-state index is -3.60. The van der Waals surface area contributed by atoms with Crippen LogP contribution in [0.4, 0.5) is 5.69 Å². The van der Waals surface area contributed by atoms with E-state index in [0.717, 1.165) is 17.4 Å². The zero-order chi connectivity index (χ0) is 26.9. The Hall–Kier alpha value is -2.78. The maximum Gasteiger partial charge on any atom is 0.242 e. The number of sulfonamides is 1. The van der Waals surface area contributed by atoms with Gasteiger partial charge in [0, 0.05) is 31.1 Å². The van der Waals surface area contributed by atoms with E-state index in [1.165, 1.54) is 4.31 Å². The number of hydrogen-bond donors (Lipinski definition) is 1. The van der Waals surface area contributed by atoms with Crippen molar-refractivity contribution in [2.75, 3.05) is 30.8 Å². The van der Waals surface area contributed by atoms with Crippen molar-refractivity contribution in [1.82, 2.24) is 10.2 Å². The third kappa shape index (κ3) is 8.13. The first kappa shape index (κ1) is 29.5. The molecule has 0 fully saturated rings. The van der Waals surface area contributed by atoms with Crippen LogP contribution in [0.2, 0.25) is 5.02 Å². The fourth-order valence-electron chi connectivity index (χ4n) is 3.97. The van der Waals surface area contributed by atoms with Gasteiger partial charge < -0.3 is 15.0 Å². The van der Waals surface area contributed by atoms with Crippen LogP contribution in [0.25, 0.3) is 0 Å². The lowest BCUT2D eigenvalue weighted by atomic mass is 10.1. The van der Waals surface area contributed by atoms with E-state index in [4.69, 9.17) is 16.3 Å². The maximum absolute atomic E-state index is 13.4. The van der Waals surface area contributed by atoms with Crippen LogP contribution in [-0.2, 0) is 26.2 Å². The molecule has 0 aromatic heterocycles. The number of nitrogens with zero attached hydrogens (tertiary/aromatic N) is 2. The quantitative estimate of drug-likeness (QED) is 0.414. The van der Waals surface area contributed by atoms with E-state index < -0.39 is 16.1 Å². The highest BCUT2D eigenvalue weighted by Crippen LogP contribution is 2.27. The van der Waals surface area contributed by atoms with Crippen LogP contribution < -0.4 is 14.4 Å². The minimum absolute atomic E-state index is 0.0810. The molecule has 2 amide bonds. The molecule has 0 aliphatic rings. The van der Waals surface area contributed by atoms with Gasteiger partial charge in [-0.3, -0.25) is 13.9 Å². The summed E-state index contributed by atoms with van der Waals surface area (Å²) in [6.45, 7) is 6.33. The van der Waals surface area contributed by atoms with Gasteiger partial charge in [0.15, 0.2) is 0 Å². The molecule has 36 heavy (non-hydrogen) atoms. The Bertz CT molecular complexity index is 1140. The summed E-state index contributed by atoms with van der Waals surface area (Å²) >= 11 is 6.11. The van der Waals surface area contributed by atoms with E-state index in [9.17, 15) is 18.0 Å². The van der Waals surface area contributed by atoms with Crippen molar-refractivity contribution in [2.45, 2.75) is 52.6 Å². The van der Waals surface area contributed by atoms with Gasteiger partial charge in [-0.15, -0.1) is 0 Å². The highest BCUT2D eigenvalue weighted by Gasteiger charge is 2.28. The second kappa shape index (κ2) is 13.5. The summed E-state index contributed by atoms with van der Waals surface area (Å²) < 4.78 is 31.6. The predicted octanol–water partition coefficient (Wildman–Crippen LogP) is 4.15. The fraction of sp³-hybridized carbons (Fsp3) is 0.462. The summed E-state index contributed by atoms with van der Waals surface area (Å²) in [5.74, 6) is 0.263. The maximum atomic E-state index is 13.4. The summed E-state index contributed by atoms with van der Waals surface area (Å²) in [7, 11) is -2.02. The number of aryl methyl sites for hydroxylation is 1. The molecule has 198 valence electrons. The first-order valence-electron chi connectivity index (χ1n) is 12.0. The van der Waals surface area contributed by atoms with Crippen molar-refractivity contribution in [3.8, 4) is 5.75 Å². The second-order valence-electron chi connectivity index (χ2n) is 8.56. The molecule has 10 heteroatoms. The molecule has 0 unspecified atom stereocenters. The van der Waals surface area contributed by atoms with Crippen LogP contribution in [0, 0.1) is 6.92 Å². The summed E-state index contributed by atoms with van der Waals surface area (Å²) in [6, 6.07) is 11.8. The van der Waals surface area contributed by atoms with Crippen molar-refractivity contribution in [3.05, 3.63) is 58.6 Å². The van der Waals surface area contributed by atoms with E-state index in [2.05, 4.69) is 5.32 Å². The number of amides is 2. The van der Waals surface area contributed by atoms with E-state index in [1.54, 1.807) is 30.2 Å². The number of benzene rings is 2. The highest BCUT2D eigenvalue weighted by molar-refractivity contribution is 7.92. The standard InChI is InChI=1S/C26H36ClN3O5S/c1-6-23(26(32)28-7-2)29(18-20-11-14-22(35-4)15-12-20)25(31)9-8-16-30(36(5,33)34)24-17-21(27)13-10-19(24)3/h10-15,17,23H,6-9,16,18H2,1-5H3,(H,28,32)/t23-/m0/s1. The van der Waals surface area contributed by atoms with Crippen molar-refractivity contribution < 1.29 is 22.7 Å². The number of anilines is 1. The molecule has 0 saturated carbocycles. The van der Waals surface area contributed by atoms with Crippen molar-refractivity contribution in [1.29, 1.82) is 0 Å². The van der Waals surface area contributed by atoms with Gasteiger partial charge in [-0.1, -0.05) is 36.7 Å². The van der Waals surface area contributed by atoms with E-state index in [1.807, 2.05) is 45.0 Å². The SMILES string of the molecule is CCNC(=O)[C@H](CC)N(Cc1ccc(OC)cc1)C(=O)CCCN(c1cc(Cl)ccc1C)S(C)(=O)=O. The number of nitrogens with one attached hydrogen (secondary N) is 1. The molecule has 8 nitrogen and oxygen atoms in total. The first-order chi connectivity index (χ1) is 17.0. The van der Waals surface area contributed by atoms with Gasteiger partial charge in [0.2, 0.25) is 21.8 Å². The molecule has 0 radical (unpaired) electrons. The molecule has 0 aliphatic heterocycles. The molecule has 0 bridgehead atoms. The molecule has 0 aliphatic carbocycles. The summed E-state index contributed by atoms with van der Waals surface area (Å²) in [4.78, 5) is 27.7. The van der Waals surface area contributed by atoms with Crippen molar-refractivity contribution >= 4 is 39.1 Å². The van der Waals surface area contributed by atoms with Gasteiger partial charge in [0.05, 0.1) is 19.1 Å². The Morgan fingerprint density at radius 3 is 2.33 bits per heavy atom. The van der Waals surface area contributed by atoms with E-state index >= 15 is 0 Å². The number of halogens is 1. The second-order valence-corrected chi connectivity index (χ2v) is 10.9. The Kier molecular flexibility index (Phi) is 11.0. The molecule has 0 spiro atoms. The van der Waals surface area contributed by atoms with Gasteiger partial charge in [-0.25, -0.2) is 8.42 Å². The number of hydrogen-bond acceptors (Lipinski definition) is 5. The molecule has 2 aromatic carbocycles. The zero-order valence-electron chi connectivity index (χ0n) is 21.6. The van der Waals surface area contributed by atoms with E-state index in [0.29, 0.717) is 29.4 Å². The lowest BCUT2D eigenvalue weighted by Gasteiger charge is -2.31. The molecule has 1 atom stereocenters. The van der Waals surface area contributed by atoms with Crippen LogP contribution in [0.15, 0.2) is 42.5 Å². The van der Waals surface area contributed by atoms with Crippen LogP contribution >= 0.6 is 11.6 Å². The van der Waals surface area contributed by atoms with Crippen LogP contribution in [0.5, 0.6) is 5.75 Å². The molecular formula is C26H36ClN3O5S. The van der Waals surface area contributed by atoms with Gasteiger partial charge >= 0.3 is 0 Å². The monoisotopic (exact) mass is 537 g/mol. The normalized spacial score (nSPS) is 12.1. The summed E-state index contributed by atoms with van der Waals surface area (Å²) in [6.07, 6.45) is 1.94. The number of carbonyl (C=O) groups excluding carboxylic acids is 2. The lowest BCUT2D eigenvalue weighted by Crippen LogP contribution is -2.49. The first-order valence-corrected chi connectivity index (χ1v) is 14.2. The summed E-state index contributed by atoms with van der Waals surface area (Å²) in [5, 5.41) is 3.24. The largest absolute Gasteiger partial charge is 0.497 e. The highest BCUT2D eigenvalue weighted by atomic mass is 35.5. The number of likely N-dealkylation sites (N-methyl/N-ethyl adjacent to an activating group) is 1. The van der Waals surface area contributed by atoms with Gasteiger partial charge in [0.1, 0.15) is 11.8 Å². The molecular weight excluding hydrogens is 502 g/mol. The molecule has 2 aromatic rings. The number of ether oxygens (including phenoxy) is 1. The van der Waals surface area contributed by atoms with Crippen LogP contribution in [0.1, 0.15) is 44.2 Å². The average Bonchev–Trinajstić information content (AvgIpc) is 2.83. The summed E-state index contributed by atoms with van der Waals surface area (Å²) in [5.41, 5.74) is 2.11. The molecule has 0 heterocycles. The predicted molar refractivity (Wildman–Crippen MR) is 144 cm³/mol. The van der Waals surface area contributed by atoms with Crippen LogP contribution in [-0.4, -0.2) is 57.6 Å². The Morgan fingerprint density at radius 1 is 1.11 bits per heavy atom. The van der Waals surface area contributed by atoms with Crippen molar-refractivity contribution in [3.63, 3.8) is 0 Å². The zero-order valence-corrected chi connectivity index (χ0v) is 23.2. The number of rotatable bonds is 13. The smallest absolute Gasteiger partial charge is 0.242 e. The Balaban J connectivity index is 2.23. The van der Waals surface area contributed by atoms with Gasteiger partial charge in [0.25, 0.3) is 0 Å². The molecule has 2 rings (SSSR count). The molecule has 1 N–H and O–H groups in total. The van der Waals surface area contributed by atoms with Crippen molar-refractivity contribution in [2.24, 2.45) is 0 Å². The van der Waals surface area contributed by atoms with Crippen LogP contribution in [0.3, 0.4) is 0 Å². The lowest BCUT2D eigenvalue weighted by molar-refractivity contribution is -0.141. The third-order valence-electron chi connectivity index (χ3n) is 5.84. The van der Waals surface area contributed by atoms with Gasteiger partial charge in [-0.2, -0.15) is 0 Å². The fourth-order valence-corrected chi connectivity index (χ4v) is 5.15. The minimum Gasteiger partial charge on any atom is -0.497 e. The number of carbonyl (C=O) groups is 2. The van der Waals surface area contributed by atoms with E-state index in [-0.39, 0.29) is 37.7 Å². The van der Waals surface area contributed by atoms with Gasteiger partial charge in [-0.05, 0) is 62.1 Å². The molecule has 0 saturated heterocycles.